The van der Waals surface area contributed by atoms with E-state index in [4.69, 9.17) is 4.74 Å². The Kier molecular flexibility index (Phi) is 3.77. The quantitative estimate of drug-likeness (QED) is 0.647. The molecule has 0 aliphatic carbocycles. The van der Waals surface area contributed by atoms with Gasteiger partial charge in [-0.1, -0.05) is 0 Å². The molecule has 0 amide bonds. The van der Waals surface area contributed by atoms with Gasteiger partial charge in [-0.15, -0.1) is 12.4 Å². The summed E-state index contributed by atoms with van der Waals surface area (Å²) in [6.45, 7) is 4.35. The second kappa shape index (κ2) is 4.42. The van der Waals surface area contributed by atoms with Crippen LogP contribution in [0.3, 0.4) is 0 Å². The number of hydrogen-bond acceptors (Lipinski definition) is 3. The zero-order valence-corrected chi connectivity index (χ0v) is 8.27. The molecule has 72 valence electrons. The van der Waals surface area contributed by atoms with E-state index < -0.39 is 0 Å². The van der Waals surface area contributed by atoms with E-state index in [9.17, 15) is 0 Å². The fraction of sp³-hybridized carbons (Fsp3) is 1.00. The van der Waals surface area contributed by atoms with E-state index in [0.29, 0.717) is 6.23 Å². The highest BCUT2D eigenvalue weighted by Crippen LogP contribution is 2.20. The molecule has 0 aromatic carbocycles. The van der Waals surface area contributed by atoms with Crippen molar-refractivity contribution >= 4 is 12.4 Å². The predicted molar refractivity (Wildman–Crippen MR) is 50.6 cm³/mol. The van der Waals surface area contributed by atoms with Crippen LogP contribution in [0.25, 0.3) is 0 Å². The smallest absolute Gasteiger partial charge is 0.112 e. The second-order valence-corrected chi connectivity index (χ2v) is 3.56. The molecule has 2 atom stereocenters. The van der Waals surface area contributed by atoms with Crippen molar-refractivity contribution in [3.05, 3.63) is 0 Å². The van der Waals surface area contributed by atoms with Gasteiger partial charge in [0.05, 0.1) is 6.61 Å². The first-order valence-electron chi connectivity index (χ1n) is 4.40. The fourth-order valence-corrected chi connectivity index (χ4v) is 1.96. The molecular formula is C8H17ClN2O. The molecule has 0 aromatic rings. The molecule has 12 heavy (non-hydrogen) atoms. The SMILES string of the molecule is CN1CCC(C2NCCO2)C1.Cl. The van der Waals surface area contributed by atoms with Crippen molar-refractivity contribution in [3.63, 3.8) is 0 Å². The molecule has 0 saturated carbocycles. The van der Waals surface area contributed by atoms with Gasteiger partial charge in [-0.25, -0.2) is 0 Å². The Balaban J connectivity index is 0.000000720. The average Bonchev–Trinajstić information content (AvgIpc) is 2.55. The highest BCUT2D eigenvalue weighted by molar-refractivity contribution is 5.85. The van der Waals surface area contributed by atoms with Gasteiger partial charge < -0.3 is 9.64 Å². The third-order valence-electron chi connectivity index (χ3n) is 2.60. The van der Waals surface area contributed by atoms with Crippen LogP contribution in [0.4, 0.5) is 0 Å². The molecule has 1 N–H and O–H groups in total. The first-order chi connectivity index (χ1) is 5.36. The van der Waals surface area contributed by atoms with E-state index in [1.807, 2.05) is 0 Å². The van der Waals surface area contributed by atoms with Crippen LogP contribution >= 0.6 is 12.4 Å². The van der Waals surface area contributed by atoms with Gasteiger partial charge in [0.25, 0.3) is 0 Å². The minimum atomic E-state index is 0. The minimum absolute atomic E-state index is 0. The standard InChI is InChI=1S/C8H16N2O.ClH/c1-10-4-2-7(6-10)8-9-3-5-11-8;/h7-9H,2-6H2,1H3;1H. The van der Waals surface area contributed by atoms with Crippen LogP contribution in [0, 0.1) is 5.92 Å². The van der Waals surface area contributed by atoms with Gasteiger partial charge in [0.2, 0.25) is 0 Å². The van der Waals surface area contributed by atoms with Crippen LogP contribution in [0.5, 0.6) is 0 Å². The van der Waals surface area contributed by atoms with Crippen LogP contribution in [0.1, 0.15) is 6.42 Å². The summed E-state index contributed by atoms with van der Waals surface area (Å²) in [5.74, 6) is 0.725. The monoisotopic (exact) mass is 192 g/mol. The number of rotatable bonds is 1. The normalized spacial score (nSPS) is 36.8. The van der Waals surface area contributed by atoms with E-state index in [1.165, 1.54) is 19.5 Å². The van der Waals surface area contributed by atoms with Gasteiger partial charge in [-0.3, -0.25) is 5.32 Å². The molecule has 2 heterocycles. The molecule has 0 radical (unpaired) electrons. The number of ether oxygens (including phenoxy) is 1. The second-order valence-electron chi connectivity index (χ2n) is 3.56. The van der Waals surface area contributed by atoms with Gasteiger partial charge in [0.1, 0.15) is 6.23 Å². The zero-order valence-electron chi connectivity index (χ0n) is 7.45. The number of nitrogens with one attached hydrogen (secondary N) is 1. The average molecular weight is 193 g/mol. The molecule has 2 aliphatic heterocycles. The third kappa shape index (κ3) is 2.10. The number of likely N-dealkylation sites (tertiary alicyclic amines) is 1. The molecule has 3 nitrogen and oxygen atoms in total. The molecule has 0 spiro atoms. The summed E-state index contributed by atoms with van der Waals surface area (Å²) >= 11 is 0. The summed E-state index contributed by atoms with van der Waals surface area (Å²) in [6, 6.07) is 0. The fourth-order valence-electron chi connectivity index (χ4n) is 1.96. The van der Waals surface area contributed by atoms with Crippen molar-refractivity contribution in [1.29, 1.82) is 0 Å². The maximum absolute atomic E-state index is 5.55. The molecule has 2 saturated heterocycles. The highest BCUT2D eigenvalue weighted by Gasteiger charge is 2.30. The molecule has 4 heteroatoms. The van der Waals surface area contributed by atoms with E-state index in [2.05, 4.69) is 17.3 Å². The predicted octanol–water partition coefficient (Wildman–Crippen LogP) is 0.306. The maximum Gasteiger partial charge on any atom is 0.112 e. The number of hydrogen-bond donors (Lipinski definition) is 1. The summed E-state index contributed by atoms with van der Waals surface area (Å²) in [6.07, 6.45) is 1.63. The Morgan fingerprint density at radius 1 is 1.50 bits per heavy atom. The third-order valence-corrected chi connectivity index (χ3v) is 2.60. The van der Waals surface area contributed by atoms with Crippen molar-refractivity contribution in [3.8, 4) is 0 Å². The number of halogens is 1. The van der Waals surface area contributed by atoms with Gasteiger partial charge >= 0.3 is 0 Å². The van der Waals surface area contributed by atoms with E-state index in [1.54, 1.807) is 0 Å². The molecule has 0 bridgehead atoms. The van der Waals surface area contributed by atoms with Crippen LogP contribution in [-0.4, -0.2) is 44.4 Å². The first kappa shape index (κ1) is 10.3. The molecular weight excluding hydrogens is 176 g/mol. The van der Waals surface area contributed by atoms with E-state index in [0.717, 1.165) is 19.1 Å². The lowest BCUT2D eigenvalue weighted by Gasteiger charge is -2.17. The first-order valence-corrected chi connectivity index (χ1v) is 4.40. The van der Waals surface area contributed by atoms with Crippen molar-refractivity contribution in [1.82, 2.24) is 10.2 Å². The zero-order chi connectivity index (χ0) is 7.68. The van der Waals surface area contributed by atoms with Crippen LogP contribution in [0.15, 0.2) is 0 Å². The molecule has 2 unspecified atom stereocenters. The van der Waals surface area contributed by atoms with Crippen molar-refractivity contribution in [2.45, 2.75) is 12.6 Å². The summed E-state index contributed by atoms with van der Waals surface area (Å²) in [5.41, 5.74) is 0. The van der Waals surface area contributed by atoms with Gasteiger partial charge in [0, 0.05) is 19.0 Å². The van der Waals surface area contributed by atoms with Crippen LogP contribution < -0.4 is 5.32 Å². The summed E-state index contributed by atoms with van der Waals surface area (Å²) in [4.78, 5) is 2.37. The van der Waals surface area contributed by atoms with Crippen LogP contribution in [-0.2, 0) is 4.74 Å². The maximum atomic E-state index is 5.55. The van der Waals surface area contributed by atoms with Gasteiger partial charge in [-0.05, 0) is 20.0 Å². The van der Waals surface area contributed by atoms with E-state index in [-0.39, 0.29) is 12.4 Å². The Morgan fingerprint density at radius 2 is 2.33 bits per heavy atom. The van der Waals surface area contributed by atoms with Gasteiger partial charge in [0.15, 0.2) is 0 Å². The van der Waals surface area contributed by atoms with Crippen molar-refractivity contribution in [2.24, 2.45) is 5.92 Å². The lowest BCUT2D eigenvalue weighted by atomic mass is 10.1. The van der Waals surface area contributed by atoms with Crippen molar-refractivity contribution in [2.75, 3.05) is 33.3 Å². The lowest BCUT2D eigenvalue weighted by molar-refractivity contribution is 0.0558. The Labute approximate surface area is 79.9 Å². The molecule has 2 rings (SSSR count). The Hall–Kier alpha value is 0.170. The molecule has 2 aliphatic rings. The largest absolute Gasteiger partial charge is 0.362 e. The van der Waals surface area contributed by atoms with E-state index >= 15 is 0 Å². The Morgan fingerprint density at radius 3 is 2.83 bits per heavy atom. The molecule has 0 aromatic heterocycles. The highest BCUT2D eigenvalue weighted by atomic mass is 35.5. The van der Waals surface area contributed by atoms with Gasteiger partial charge in [-0.2, -0.15) is 0 Å². The summed E-state index contributed by atoms with van der Waals surface area (Å²) in [5, 5.41) is 3.37. The lowest BCUT2D eigenvalue weighted by Crippen LogP contribution is -2.33. The molecule has 2 fully saturated rings. The summed E-state index contributed by atoms with van der Waals surface area (Å²) < 4.78 is 5.55. The van der Waals surface area contributed by atoms with Crippen molar-refractivity contribution < 1.29 is 4.74 Å². The minimum Gasteiger partial charge on any atom is -0.362 e. The Bertz CT molecular complexity index is 139. The summed E-state index contributed by atoms with van der Waals surface area (Å²) in [7, 11) is 2.18. The number of nitrogens with zero attached hydrogens (tertiary/aromatic N) is 1. The topological polar surface area (TPSA) is 24.5 Å². The van der Waals surface area contributed by atoms with Crippen LogP contribution in [0.2, 0.25) is 0 Å².